The fourth-order valence-electron chi connectivity index (χ4n) is 7.27. The predicted octanol–water partition coefficient (Wildman–Crippen LogP) is 5.56. The van der Waals surface area contributed by atoms with Crippen LogP contribution in [0.2, 0.25) is 0 Å². The third-order valence-corrected chi connectivity index (χ3v) is 8.97. The summed E-state index contributed by atoms with van der Waals surface area (Å²) in [6.07, 6.45) is 13.9. The lowest BCUT2D eigenvalue weighted by Gasteiger charge is -2.49. The van der Waals surface area contributed by atoms with E-state index in [2.05, 4.69) is 35.8 Å². The van der Waals surface area contributed by atoms with E-state index in [0.29, 0.717) is 31.1 Å². The maximum atomic E-state index is 13.4. The monoisotopic (exact) mass is 497 g/mol. The largest absolute Gasteiger partial charge is 0.480 e. The van der Waals surface area contributed by atoms with Gasteiger partial charge in [-0.15, -0.1) is 0 Å². The zero-order chi connectivity index (χ0) is 25.5. The van der Waals surface area contributed by atoms with Gasteiger partial charge >= 0.3 is 5.97 Å². The molecular weight excluding hydrogens is 450 g/mol. The molecule has 1 aliphatic carbocycles. The topological polar surface area (TPSA) is 64.1 Å². The molecule has 2 heterocycles. The van der Waals surface area contributed by atoms with Crippen molar-refractivity contribution in [2.24, 2.45) is 5.92 Å². The molecule has 2 saturated heterocycles. The first-order chi connectivity index (χ1) is 17.5. The molecule has 0 bridgehead atoms. The molecule has 2 aliphatic heterocycles. The van der Waals surface area contributed by atoms with Gasteiger partial charge in [0.15, 0.2) is 0 Å². The Morgan fingerprint density at radius 2 is 1.72 bits per heavy atom. The van der Waals surface area contributed by atoms with Crippen molar-refractivity contribution in [3.8, 4) is 0 Å². The van der Waals surface area contributed by atoms with Crippen LogP contribution in [0.4, 0.5) is 5.69 Å². The minimum absolute atomic E-state index is 0.0482. The van der Waals surface area contributed by atoms with Crippen molar-refractivity contribution < 1.29 is 14.7 Å². The second-order valence-corrected chi connectivity index (χ2v) is 11.4. The summed E-state index contributed by atoms with van der Waals surface area (Å²) in [4.78, 5) is 31.9. The summed E-state index contributed by atoms with van der Waals surface area (Å²) in [7, 11) is 0. The second-order valence-electron chi connectivity index (χ2n) is 11.4. The number of rotatable bonds is 10. The fourth-order valence-corrected chi connectivity index (χ4v) is 7.27. The van der Waals surface area contributed by atoms with Gasteiger partial charge < -0.3 is 14.9 Å². The quantitative estimate of drug-likeness (QED) is 0.458. The molecule has 5 atom stereocenters. The fraction of sp³-hybridized carbons (Fsp3) is 0.733. The molecule has 36 heavy (non-hydrogen) atoms. The number of benzene rings is 1. The molecule has 1 aromatic carbocycles. The summed E-state index contributed by atoms with van der Waals surface area (Å²) >= 11 is 0. The molecule has 6 heteroatoms. The average molecular weight is 498 g/mol. The van der Waals surface area contributed by atoms with Crippen LogP contribution >= 0.6 is 0 Å². The number of anilines is 1. The zero-order valence-electron chi connectivity index (χ0n) is 22.5. The Balaban J connectivity index is 1.49. The third-order valence-electron chi connectivity index (χ3n) is 8.97. The molecule has 0 aromatic heterocycles. The van der Waals surface area contributed by atoms with Crippen molar-refractivity contribution in [2.75, 3.05) is 24.5 Å². The zero-order valence-corrected chi connectivity index (χ0v) is 22.5. The number of hydrogen-bond donors (Lipinski definition) is 1. The van der Waals surface area contributed by atoms with E-state index in [9.17, 15) is 14.7 Å². The molecule has 1 amide bonds. The first-order valence-electron chi connectivity index (χ1n) is 14.6. The van der Waals surface area contributed by atoms with E-state index in [1.807, 2.05) is 18.2 Å². The Morgan fingerprint density at radius 3 is 2.44 bits per heavy atom. The number of piperidine rings is 1. The highest BCUT2D eigenvalue weighted by molar-refractivity contribution is 5.87. The van der Waals surface area contributed by atoms with Crippen molar-refractivity contribution in [3.05, 3.63) is 30.3 Å². The smallest absolute Gasteiger partial charge is 0.326 e. The average Bonchev–Trinajstić information content (AvgIpc) is 3.39. The number of nitrogens with zero attached hydrogens (tertiary/aromatic N) is 3. The van der Waals surface area contributed by atoms with Crippen LogP contribution in [0.3, 0.4) is 0 Å². The summed E-state index contributed by atoms with van der Waals surface area (Å²) in [5, 5.41) is 9.62. The number of carbonyl (C=O) groups is 2. The highest BCUT2D eigenvalue weighted by atomic mass is 16.4. The van der Waals surface area contributed by atoms with E-state index in [1.54, 1.807) is 4.90 Å². The van der Waals surface area contributed by atoms with E-state index in [0.717, 1.165) is 37.4 Å². The van der Waals surface area contributed by atoms with Crippen molar-refractivity contribution in [1.29, 1.82) is 0 Å². The van der Waals surface area contributed by atoms with E-state index in [1.165, 1.54) is 51.4 Å². The minimum Gasteiger partial charge on any atom is -0.480 e. The number of para-hydroxylation sites is 1. The molecule has 0 radical (unpaired) electrons. The number of aliphatic carboxylic acids is 1. The van der Waals surface area contributed by atoms with Gasteiger partial charge in [0, 0.05) is 36.9 Å². The molecule has 3 fully saturated rings. The normalized spacial score (nSPS) is 29.3. The Morgan fingerprint density at radius 1 is 0.944 bits per heavy atom. The second kappa shape index (κ2) is 12.9. The lowest BCUT2D eigenvalue weighted by molar-refractivity contribution is -0.147. The van der Waals surface area contributed by atoms with E-state index in [-0.39, 0.29) is 12.5 Å². The van der Waals surface area contributed by atoms with Gasteiger partial charge in [0.2, 0.25) is 5.91 Å². The molecule has 6 nitrogen and oxygen atoms in total. The molecular formula is C30H47N3O3. The summed E-state index contributed by atoms with van der Waals surface area (Å²) in [6.45, 7) is 6.52. The van der Waals surface area contributed by atoms with Gasteiger partial charge in [-0.1, -0.05) is 64.2 Å². The standard InChI is InChI=1S/C30H47N3O3/c1-3-10-23-12-8-15-26(20-23)31-19-17-27(21-25(31)11-4-2)33(24-13-6-5-7-14-24)22-29(34)32-18-9-16-28(32)30(35)36/h5-7,13-14,23,25-28H,3-4,8-12,15-22H2,1-2H3,(H,35,36)/t23-,25+,26-,27+,28+/m1/s1. The number of carboxylic acid groups (broad SMARTS) is 1. The molecule has 1 N–H and O–H groups in total. The molecule has 0 unspecified atom stereocenters. The summed E-state index contributed by atoms with van der Waals surface area (Å²) in [5.41, 5.74) is 1.08. The van der Waals surface area contributed by atoms with Crippen LogP contribution in [0.15, 0.2) is 30.3 Å². The Hall–Kier alpha value is -2.08. The summed E-state index contributed by atoms with van der Waals surface area (Å²) < 4.78 is 0. The van der Waals surface area contributed by atoms with Gasteiger partial charge in [-0.3, -0.25) is 9.69 Å². The van der Waals surface area contributed by atoms with Crippen molar-refractivity contribution >= 4 is 17.6 Å². The first kappa shape index (κ1) is 27.0. The van der Waals surface area contributed by atoms with Gasteiger partial charge in [0.25, 0.3) is 0 Å². The Kier molecular flexibility index (Phi) is 9.69. The highest BCUT2D eigenvalue weighted by Gasteiger charge is 2.39. The molecule has 1 aromatic rings. The molecule has 1 saturated carbocycles. The van der Waals surface area contributed by atoms with Gasteiger partial charge in [-0.25, -0.2) is 4.79 Å². The van der Waals surface area contributed by atoms with Gasteiger partial charge in [0.05, 0.1) is 6.54 Å². The van der Waals surface area contributed by atoms with Crippen molar-refractivity contribution in [3.63, 3.8) is 0 Å². The maximum Gasteiger partial charge on any atom is 0.326 e. The van der Waals surface area contributed by atoms with Gasteiger partial charge in [0.1, 0.15) is 6.04 Å². The van der Waals surface area contributed by atoms with E-state index >= 15 is 0 Å². The first-order valence-corrected chi connectivity index (χ1v) is 14.6. The lowest BCUT2D eigenvalue weighted by Crippen LogP contribution is -2.56. The minimum atomic E-state index is -0.878. The number of carboxylic acids is 1. The Bertz CT molecular complexity index is 845. The lowest BCUT2D eigenvalue weighted by atomic mass is 9.80. The van der Waals surface area contributed by atoms with Crippen LogP contribution in [0, 0.1) is 5.92 Å². The van der Waals surface area contributed by atoms with Crippen LogP contribution in [0.5, 0.6) is 0 Å². The van der Waals surface area contributed by atoms with Crippen LogP contribution in [0.1, 0.15) is 90.9 Å². The van der Waals surface area contributed by atoms with Crippen LogP contribution < -0.4 is 4.90 Å². The molecule has 0 spiro atoms. The van der Waals surface area contributed by atoms with Gasteiger partial charge in [-0.2, -0.15) is 0 Å². The summed E-state index contributed by atoms with van der Waals surface area (Å²) in [5.74, 6) is -0.0416. The number of carbonyl (C=O) groups excluding carboxylic acids is 1. The van der Waals surface area contributed by atoms with Crippen molar-refractivity contribution in [1.82, 2.24) is 9.80 Å². The Labute approximate surface area is 218 Å². The summed E-state index contributed by atoms with van der Waals surface area (Å²) in [6, 6.07) is 11.2. The number of amides is 1. The SMILES string of the molecule is CCC[C@@H]1CCC[C@@H](N2CC[C@H](N(CC(=O)N3CCC[C@H]3C(=O)O)c3ccccc3)C[C@@H]2CCC)C1. The van der Waals surface area contributed by atoms with E-state index < -0.39 is 12.0 Å². The van der Waals surface area contributed by atoms with Crippen LogP contribution in [0.25, 0.3) is 0 Å². The molecule has 3 aliphatic rings. The van der Waals surface area contributed by atoms with Crippen LogP contribution in [-0.2, 0) is 9.59 Å². The molecule has 4 rings (SSSR count). The van der Waals surface area contributed by atoms with Crippen molar-refractivity contribution in [2.45, 2.75) is 115 Å². The molecule has 200 valence electrons. The highest BCUT2D eigenvalue weighted by Crippen LogP contribution is 2.36. The number of likely N-dealkylation sites (tertiary alicyclic amines) is 2. The van der Waals surface area contributed by atoms with Gasteiger partial charge in [-0.05, 0) is 63.0 Å². The third kappa shape index (κ3) is 6.42. The van der Waals surface area contributed by atoms with Crippen LogP contribution in [-0.4, -0.2) is 70.6 Å². The predicted molar refractivity (Wildman–Crippen MR) is 145 cm³/mol. The number of hydrogen-bond acceptors (Lipinski definition) is 4. The maximum absolute atomic E-state index is 13.4. The van der Waals surface area contributed by atoms with E-state index in [4.69, 9.17) is 0 Å².